The Bertz CT molecular complexity index is 1450. The average Bonchev–Trinajstić information content (AvgIpc) is 3.46. The first kappa shape index (κ1) is 73.3. The number of carbonyl (C=O) groups excluding carboxylic acids is 1. The molecule has 2 heterocycles. The molecule has 2 saturated heterocycles. The second-order valence-electron chi connectivity index (χ2n) is 22.9. The van der Waals surface area contributed by atoms with E-state index >= 15 is 0 Å². The minimum atomic E-state index is -1.71. The number of allylic oxidation sites excluding steroid dienone is 6. The molecule has 7 N–H and O–H groups in total. The fourth-order valence-corrected chi connectivity index (χ4v) is 10.4. The smallest absolute Gasteiger partial charge is 0.306 e. The van der Waals surface area contributed by atoms with Crippen molar-refractivity contribution in [2.75, 3.05) is 33.0 Å². The van der Waals surface area contributed by atoms with Crippen LogP contribution in [0, 0.1) is 0 Å². The Morgan fingerprint density at radius 3 is 1.23 bits per heavy atom. The predicted molar refractivity (Wildman–Crippen MR) is 316 cm³/mol. The monoisotopic (exact) mass is 1120 g/mol. The second-order valence-corrected chi connectivity index (χ2v) is 22.9. The van der Waals surface area contributed by atoms with E-state index in [0.717, 1.165) is 57.8 Å². The number of hydrogen-bond donors (Lipinski definition) is 7. The molecule has 14 nitrogen and oxygen atoms in total. The molecule has 2 aliphatic heterocycles. The molecule has 0 spiro atoms. The van der Waals surface area contributed by atoms with Gasteiger partial charge < -0.3 is 64.2 Å². The molecule has 2 aliphatic rings. The lowest BCUT2D eigenvalue weighted by molar-refractivity contribution is -0.332. The first-order valence-electron chi connectivity index (χ1n) is 32.6. The molecule has 14 heteroatoms. The van der Waals surface area contributed by atoms with Crippen molar-refractivity contribution in [2.45, 2.75) is 338 Å². The van der Waals surface area contributed by atoms with Crippen LogP contribution in [0.5, 0.6) is 0 Å². The van der Waals surface area contributed by atoms with Crippen LogP contribution in [0.3, 0.4) is 0 Å². The summed E-state index contributed by atoms with van der Waals surface area (Å²) in [5, 5.41) is 72.5. The molecule has 79 heavy (non-hydrogen) atoms. The topological polar surface area (TPSA) is 214 Å². The van der Waals surface area contributed by atoms with Crippen molar-refractivity contribution in [3.05, 3.63) is 36.5 Å². The van der Waals surface area contributed by atoms with Gasteiger partial charge in [0.25, 0.3) is 0 Å². The molecular formula is C65H120O14. The third-order valence-corrected chi connectivity index (χ3v) is 15.7. The van der Waals surface area contributed by atoms with E-state index in [2.05, 4.69) is 50.3 Å². The van der Waals surface area contributed by atoms with Crippen LogP contribution in [-0.2, 0) is 33.2 Å². The van der Waals surface area contributed by atoms with Crippen LogP contribution in [0.25, 0.3) is 0 Å². The molecule has 11 atom stereocenters. The molecular weight excluding hydrogens is 1000 g/mol. The van der Waals surface area contributed by atoms with Gasteiger partial charge in [-0.2, -0.15) is 0 Å². The third-order valence-electron chi connectivity index (χ3n) is 15.7. The third kappa shape index (κ3) is 37.9. The first-order valence-corrected chi connectivity index (χ1v) is 32.6. The molecule has 0 aliphatic carbocycles. The Morgan fingerprint density at radius 2 is 0.785 bits per heavy atom. The van der Waals surface area contributed by atoms with Gasteiger partial charge in [0.2, 0.25) is 0 Å². The van der Waals surface area contributed by atoms with Gasteiger partial charge in [-0.05, 0) is 51.4 Å². The number of esters is 1. The summed E-state index contributed by atoms with van der Waals surface area (Å²) in [7, 11) is 0. The lowest BCUT2D eigenvalue weighted by Crippen LogP contribution is -2.61. The lowest BCUT2D eigenvalue weighted by Gasteiger charge is -2.42. The van der Waals surface area contributed by atoms with Crippen molar-refractivity contribution in [1.82, 2.24) is 0 Å². The molecule has 0 bridgehead atoms. The Morgan fingerprint density at radius 1 is 0.418 bits per heavy atom. The molecule has 0 radical (unpaired) electrons. The van der Waals surface area contributed by atoms with E-state index in [1.54, 1.807) is 0 Å². The van der Waals surface area contributed by atoms with Crippen molar-refractivity contribution in [3.8, 4) is 0 Å². The number of aliphatic hydroxyl groups is 7. The quantitative estimate of drug-likeness (QED) is 0.0172. The zero-order valence-corrected chi connectivity index (χ0v) is 50.1. The Hall–Kier alpha value is -1.79. The highest BCUT2D eigenvalue weighted by atomic mass is 16.7. The summed E-state index contributed by atoms with van der Waals surface area (Å²) in [6.45, 7) is 3.72. The van der Waals surface area contributed by atoms with E-state index in [9.17, 15) is 40.5 Å². The maximum absolute atomic E-state index is 13.1. The average molecular weight is 1130 g/mol. The summed E-state index contributed by atoms with van der Waals surface area (Å²) in [6.07, 6.45) is 46.4. The lowest BCUT2D eigenvalue weighted by atomic mass is 9.98. The summed E-state index contributed by atoms with van der Waals surface area (Å²) in [6, 6.07) is 0. The Kier molecular flexibility index (Phi) is 48.1. The molecule has 0 aromatic carbocycles. The van der Waals surface area contributed by atoms with Gasteiger partial charge in [0, 0.05) is 13.0 Å². The van der Waals surface area contributed by atoms with Gasteiger partial charge in [-0.1, -0.05) is 249 Å². The van der Waals surface area contributed by atoms with Gasteiger partial charge >= 0.3 is 5.97 Å². The molecule has 0 saturated carbocycles. The van der Waals surface area contributed by atoms with Crippen molar-refractivity contribution in [2.24, 2.45) is 0 Å². The molecule has 2 rings (SSSR count). The first-order chi connectivity index (χ1) is 38.6. The fourth-order valence-electron chi connectivity index (χ4n) is 10.4. The number of rotatable bonds is 54. The zero-order chi connectivity index (χ0) is 57.2. The summed E-state index contributed by atoms with van der Waals surface area (Å²) < 4.78 is 34.5. The maximum Gasteiger partial charge on any atom is 0.306 e. The maximum atomic E-state index is 13.1. The molecule has 0 aromatic rings. The highest BCUT2D eigenvalue weighted by Crippen LogP contribution is 2.27. The van der Waals surface area contributed by atoms with Crippen molar-refractivity contribution in [3.63, 3.8) is 0 Å². The molecule has 464 valence electrons. The molecule has 0 amide bonds. The van der Waals surface area contributed by atoms with Crippen LogP contribution in [0.15, 0.2) is 36.5 Å². The van der Waals surface area contributed by atoms with E-state index in [4.69, 9.17) is 28.4 Å². The van der Waals surface area contributed by atoms with Crippen LogP contribution in [0.1, 0.15) is 271 Å². The van der Waals surface area contributed by atoms with Gasteiger partial charge in [0.15, 0.2) is 12.6 Å². The molecule has 2 fully saturated rings. The van der Waals surface area contributed by atoms with E-state index in [1.807, 2.05) is 0 Å². The minimum absolute atomic E-state index is 0.0610. The van der Waals surface area contributed by atoms with Gasteiger partial charge in [0.05, 0.1) is 26.4 Å². The van der Waals surface area contributed by atoms with Crippen LogP contribution < -0.4 is 0 Å². The molecule has 0 aromatic heterocycles. The Labute approximate surface area is 480 Å². The van der Waals surface area contributed by atoms with E-state index in [1.165, 1.54) is 186 Å². The number of aliphatic hydroxyl groups excluding tert-OH is 7. The highest BCUT2D eigenvalue weighted by molar-refractivity contribution is 5.69. The van der Waals surface area contributed by atoms with E-state index in [0.29, 0.717) is 13.0 Å². The normalized spacial score (nSPS) is 24.2. The summed E-state index contributed by atoms with van der Waals surface area (Å²) in [5.74, 6) is -0.372. The van der Waals surface area contributed by atoms with E-state index in [-0.39, 0.29) is 25.6 Å². The summed E-state index contributed by atoms with van der Waals surface area (Å²) >= 11 is 0. The predicted octanol–water partition coefficient (Wildman–Crippen LogP) is 12.9. The van der Waals surface area contributed by atoms with Gasteiger partial charge in [-0.3, -0.25) is 4.79 Å². The van der Waals surface area contributed by atoms with Crippen LogP contribution in [0.4, 0.5) is 0 Å². The number of hydrogen-bond acceptors (Lipinski definition) is 14. The second kappa shape index (κ2) is 51.8. The molecule has 11 unspecified atom stereocenters. The van der Waals surface area contributed by atoms with Crippen molar-refractivity contribution in [1.29, 1.82) is 0 Å². The van der Waals surface area contributed by atoms with Gasteiger partial charge in [-0.15, -0.1) is 0 Å². The zero-order valence-electron chi connectivity index (χ0n) is 50.1. The summed E-state index contributed by atoms with van der Waals surface area (Å²) in [4.78, 5) is 13.1. The standard InChI is InChI=1S/C65H120O14/c1-3-5-7-9-11-13-15-17-19-21-23-25-26-27-29-31-33-35-37-39-41-43-45-47-49-74-51-54(52-75-64-63(73)61(71)59(69)56(79-64)53-76-65-62(72)60(70)58(68)55(50-66)78-65)77-57(67)48-46-44-42-40-38-36-34-32-30-28-24-22-20-18-16-14-12-10-8-6-4-2/h15,17,21,23,26-27,54-56,58-66,68-73H,3-14,16,18-20,22,24-25,28-53H2,1-2H3/b17-15-,23-21-,27-26-. The van der Waals surface area contributed by atoms with Crippen LogP contribution in [-0.4, -0.2) is 142 Å². The largest absolute Gasteiger partial charge is 0.457 e. The van der Waals surface area contributed by atoms with Gasteiger partial charge in [0.1, 0.15) is 54.9 Å². The summed E-state index contributed by atoms with van der Waals surface area (Å²) in [5.41, 5.74) is 0. The number of ether oxygens (including phenoxy) is 6. The van der Waals surface area contributed by atoms with Gasteiger partial charge in [-0.25, -0.2) is 0 Å². The Balaban J connectivity index is 1.67. The van der Waals surface area contributed by atoms with Crippen LogP contribution in [0.2, 0.25) is 0 Å². The van der Waals surface area contributed by atoms with Crippen molar-refractivity contribution >= 4 is 5.97 Å². The number of unbranched alkanes of at least 4 members (excludes halogenated alkanes) is 34. The van der Waals surface area contributed by atoms with E-state index < -0.39 is 80.7 Å². The highest BCUT2D eigenvalue weighted by Gasteiger charge is 2.47. The van der Waals surface area contributed by atoms with Crippen LogP contribution >= 0.6 is 0 Å². The SMILES string of the molecule is CCCCCCC/C=C\C/C=C\C/C=C\CCCCCCCCCCCOCC(COC1OC(COC2OC(CO)C(O)C(O)C2O)C(O)C(O)C1O)OC(=O)CCCCCCCCCCCCCCCCCCCCCCC. The minimum Gasteiger partial charge on any atom is -0.457 e. The number of carbonyl (C=O) groups is 1. The fraction of sp³-hybridized carbons (Fsp3) is 0.892. The van der Waals surface area contributed by atoms with Crippen molar-refractivity contribution < 1.29 is 69.0 Å².